The van der Waals surface area contributed by atoms with Crippen LogP contribution >= 0.6 is 11.6 Å². The number of nitrogens with one attached hydrogen (secondary N) is 1. The summed E-state index contributed by atoms with van der Waals surface area (Å²) in [4.78, 5) is 22.1. The third-order valence-corrected chi connectivity index (χ3v) is 2.93. The third-order valence-electron chi connectivity index (χ3n) is 2.60. The van der Waals surface area contributed by atoms with Crippen LogP contribution in [0, 0.1) is 21.4 Å². The minimum absolute atomic E-state index is 0.0430. The normalized spacial score (nSPS) is 10.8. The summed E-state index contributed by atoms with van der Waals surface area (Å²) < 4.78 is 5.02. The minimum Gasteiger partial charge on any atom is -0.465 e. The standard InChI is InChI=1S/C14H8ClN3O4/c15-12-4-3-10(18(20)21)7-13(12)17-14(19)9(8-16)6-11-2-1-5-22-11/h1-7H,(H,17,19)/b9-6+. The second-order valence-electron chi connectivity index (χ2n) is 4.06. The molecule has 0 radical (unpaired) electrons. The summed E-state index contributed by atoms with van der Waals surface area (Å²) in [7, 11) is 0. The number of hydrogen-bond donors (Lipinski definition) is 1. The van der Waals surface area contributed by atoms with Gasteiger partial charge in [-0.1, -0.05) is 11.6 Å². The number of amides is 1. The number of anilines is 1. The summed E-state index contributed by atoms with van der Waals surface area (Å²) in [6.07, 6.45) is 2.65. The van der Waals surface area contributed by atoms with Crippen LogP contribution < -0.4 is 5.32 Å². The Bertz CT molecular complexity index is 791. The Morgan fingerprint density at radius 1 is 1.45 bits per heavy atom. The first-order valence-electron chi connectivity index (χ1n) is 5.92. The van der Waals surface area contributed by atoms with Gasteiger partial charge in [-0.3, -0.25) is 14.9 Å². The van der Waals surface area contributed by atoms with Crippen LogP contribution in [0.2, 0.25) is 5.02 Å². The van der Waals surface area contributed by atoms with Crippen LogP contribution in [0.1, 0.15) is 5.76 Å². The molecule has 0 saturated heterocycles. The average Bonchev–Trinajstić information content (AvgIpc) is 2.99. The molecule has 0 spiro atoms. The number of nitrogens with zero attached hydrogens (tertiary/aromatic N) is 2. The monoisotopic (exact) mass is 317 g/mol. The van der Waals surface area contributed by atoms with E-state index >= 15 is 0 Å². The number of nitro groups is 1. The smallest absolute Gasteiger partial charge is 0.271 e. The summed E-state index contributed by atoms with van der Waals surface area (Å²) in [6, 6.07) is 8.52. The van der Waals surface area contributed by atoms with Crippen LogP contribution in [0.3, 0.4) is 0 Å². The molecule has 0 saturated carbocycles. The van der Waals surface area contributed by atoms with E-state index in [0.717, 1.165) is 6.07 Å². The molecule has 110 valence electrons. The molecule has 0 bridgehead atoms. The molecule has 1 aromatic heterocycles. The van der Waals surface area contributed by atoms with E-state index in [1.54, 1.807) is 18.2 Å². The number of benzene rings is 1. The predicted molar refractivity (Wildman–Crippen MR) is 79.0 cm³/mol. The Morgan fingerprint density at radius 3 is 2.82 bits per heavy atom. The van der Waals surface area contributed by atoms with Crippen LogP contribution in [-0.4, -0.2) is 10.8 Å². The second kappa shape index (κ2) is 6.56. The molecule has 1 N–H and O–H groups in total. The largest absolute Gasteiger partial charge is 0.465 e. The maximum atomic E-state index is 12.0. The molecular formula is C14H8ClN3O4. The Balaban J connectivity index is 2.26. The van der Waals surface area contributed by atoms with E-state index < -0.39 is 10.8 Å². The van der Waals surface area contributed by atoms with Gasteiger partial charge in [0.05, 0.1) is 21.9 Å². The number of carbonyl (C=O) groups is 1. The highest BCUT2D eigenvalue weighted by Gasteiger charge is 2.15. The molecule has 7 nitrogen and oxygen atoms in total. The molecule has 0 aliphatic carbocycles. The number of nitriles is 1. The number of hydrogen-bond acceptors (Lipinski definition) is 5. The van der Waals surface area contributed by atoms with Crippen molar-refractivity contribution in [2.75, 3.05) is 5.32 Å². The second-order valence-corrected chi connectivity index (χ2v) is 4.47. The topological polar surface area (TPSA) is 109 Å². The molecule has 0 fully saturated rings. The van der Waals surface area contributed by atoms with Crippen LogP contribution in [0.5, 0.6) is 0 Å². The Hall–Kier alpha value is -3.11. The van der Waals surface area contributed by atoms with Gasteiger partial charge in [0.15, 0.2) is 0 Å². The molecule has 8 heteroatoms. The zero-order valence-electron chi connectivity index (χ0n) is 10.9. The zero-order chi connectivity index (χ0) is 16.1. The fourth-order valence-electron chi connectivity index (χ4n) is 1.58. The van der Waals surface area contributed by atoms with Crippen molar-refractivity contribution in [1.82, 2.24) is 0 Å². The van der Waals surface area contributed by atoms with Gasteiger partial charge >= 0.3 is 0 Å². The molecule has 0 aliphatic rings. The number of nitro benzene ring substituents is 1. The highest BCUT2D eigenvalue weighted by atomic mass is 35.5. The molecule has 0 atom stereocenters. The quantitative estimate of drug-likeness (QED) is 0.402. The lowest BCUT2D eigenvalue weighted by atomic mass is 10.2. The van der Waals surface area contributed by atoms with E-state index in [0.29, 0.717) is 5.76 Å². The van der Waals surface area contributed by atoms with Gasteiger partial charge < -0.3 is 9.73 Å². The summed E-state index contributed by atoms with van der Waals surface area (Å²) in [5.74, 6) is -0.418. The fourth-order valence-corrected chi connectivity index (χ4v) is 1.74. The fraction of sp³-hybridized carbons (Fsp3) is 0. The summed E-state index contributed by atoms with van der Waals surface area (Å²) in [6.45, 7) is 0. The molecule has 1 heterocycles. The van der Waals surface area contributed by atoms with E-state index in [4.69, 9.17) is 21.3 Å². The lowest BCUT2D eigenvalue weighted by molar-refractivity contribution is -0.384. The maximum absolute atomic E-state index is 12.0. The molecule has 1 amide bonds. The molecule has 0 unspecified atom stereocenters. The van der Waals surface area contributed by atoms with Gasteiger partial charge in [0.2, 0.25) is 0 Å². The zero-order valence-corrected chi connectivity index (χ0v) is 11.7. The number of halogens is 1. The Labute approximate surface area is 129 Å². The molecular weight excluding hydrogens is 310 g/mol. The predicted octanol–water partition coefficient (Wildman–Crippen LogP) is 3.39. The van der Waals surface area contributed by atoms with E-state index in [-0.39, 0.29) is 22.0 Å². The first kappa shape index (κ1) is 15.3. The lowest BCUT2D eigenvalue weighted by Crippen LogP contribution is -2.13. The van der Waals surface area contributed by atoms with E-state index in [2.05, 4.69) is 5.32 Å². The highest BCUT2D eigenvalue weighted by Crippen LogP contribution is 2.27. The van der Waals surface area contributed by atoms with Crippen molar-refractivity contribution in [2.45, 2.75) is 0 Å². The van der Waals surface area contributed by atoms with Crippen molar-refractivity contribution in [1.29, 1.82) is 5.26 Å². The minimum atomic E-state index is -0.749. The number of carbonyl (C=O) groups excluding carboxylic acids is 1. The van der Waals surface area contributed by atoms with Gasteiger partial charge in [-0.2, -0.15) is 5.26 Å². The van der Waals surface area contributed by atoms with Crippen LogP contribution in [0.25, 0.3) is 6.08 Å². The van der Waals surface area contributed by atoms with Crippen molar-refractivity contribution in [3.05, 3.63) is 63.1 Å². The van der Waals surface area contributed by atoms with Gasteiger partial charge in [0, 0.05) is 18.2 Å². The van der Waals surface area contributed by atoms with E-state index in [1.807, 2.05) is 0 Å². The maximum Gasteiger partial charge on any atom is 0.271 e. The molecule has 1 aromatic carbocycles. The van der Waals surface area contributed by atoms with Gasteiger partial charge in [0.25, 0.3) is 11.6 Å². The van der Waals surface area contributed by atoms with Crippen LogP contribution in [-0.2, 0) is 4.79 Å². The van der Waals surface area contributed by atoms with E-state index in [9.17, 15) is 14.9 Å². The first-order valence-corrected chi connectivity index (χ1v) is 6.29. The SMILES string of the molecule is N#C/C(=C\c1ccco1)C(=O)Nc1cc([N+](=O)[O-])ccc1Cl. The molecule has 0 aliphatic heterocycles. The third kappa shape index (κ3) is 3.50. The summed E-state index contributed by atoms with van der Waals surface area (Å²) in [5, 5.41) is 22.2. The van der Waals surface area contributed by atoms with Crippen LogP contribution in [0.15, 0.2) is 46.6 Å². The Morgan fingerprint density at radius 2 is 2.23 bits per heavy atom. The van der Waals surface area contributed by atoms with Gasteiger partial charge in [-0.15, -0.1) is 0 Å². The molecule has 22 heavy (non-hydrogen) atoms. The number of non-ortho nitro benzene ring substituents is 1. The van der Waals surface area contributed by atoms with Crippen molar-refractivity contribution < 1.29 is 14.1 Å². The van der Waals surface area contributed by atoms with Gasteiger partial charge in [-0.25, -0.2) is 0 Å². The number of rotatable bonds is 4. The van der Waals surface area contributed by atoms with Crippen LogP contribution in [0.4, 0.5) is 11.4 Å². The van der Waals surface area contributed by atoms with Gasteiger partial charge in [0.1, 0.15) is 17.4 Å². The number of furan rings is 1. The Kier molecular flexibility index (Phi) is 4.56. The van der Waals surface area contributed by atoms with Crippen molar-refractivity contribution in [2.24, 2.45) is 0 Å². The first-order chi connectivity index (χ1) is 10.5. The van der Waals surface area contributed by atoms with Crippen molar-refractivity contribution in [3.63, 3.8) is 0 Å². The summed E-state index contributed by atoms with van der Waals surface area (Å²) in [5.41, 5.74) is -0.410. The molecule has 2 aromatic rings. The van der Waals surface area contributed by atoms with Gasteiger partial charge in [-0.05, 0) is 18.2 Å². The lowest BCUT2D eigenvalue weighted by Gasteiger charge is -2.06. The average molecular weight is 318 g/mol. The van der Waals surface area contributed by atoms with Crippen molar-refractivity contribution >= 4 is 35.0 Å². The highest BCUT2D eigenvalue weighted by molar-refractivity contribution is 6.34. The molecule has 2 rings (SSSR count). The summed E-state index contributed by atoms with van der Waals surface area (Å²) >= 11 is 5.88. The van der Waals surface area contributed by atoms with Crippen molar-refractivity contribution in [3.8, 4) is 6.07 Å². The van der Waals surface area contributed by atoms with E-state index in [1.165, 1.54) is 24.5 Å².